The Kier molecular flexibility index (Phi) is 3.01. The van der Waals surface area contributed by atoms with Crippen LogP contribution in [0.5, 0.6) is 0 Å². The van der Waals surface area contributed by atoms with E-state index in [1.165, 1.54) is 11.1 Å². The van der Waals surface area contributed by atoms with Crippen molar-refractivity contribution in [2.24, 2.45) is 0 Å². The molecule has 2 heterocycles. The van der Waals surface area contributed by atoms with Gasteiger partial charge >= 0.3 is 0 Å². The first-order valence-electron chi connectivity index (χ1n) is 6.33. The monoisotopic (exact) mass is 253 g/mol. The van der Waals surface area contributed by atoms with E-state index >= 15 is 0 Å². The SMILES string of the molecule is Nc1ncccc1C(=O)c1ccc2c(c1)CNCC2. The van der Waals surface area contributed by atoms with E-state index in [1.807, 2.05) is 18.2 Å². The first-order valence-corrected chi connectivity index (χ1v) is 6.33. The molecule has 0 radical (unpaired) electrons. The summed E-state index contributed by atoms with van der Waals surface area (Å²) >= 11 is 0. The number of nitrogens with zero attached hydrogens (tertiary/aromatic N) is 1. The second-order valence-electron chi connectivity index (χ2n) is 4.68. The van der Waals surface area contributed by atoms with Gasteiger partial charge in [-0.25, -0.2) is 4.98 Å². The minimum Gasteiger partial charge on any atom is -0.383 e. The Balaban J connectivity index is 1.98. The van der Waals surface area contributed by atoms with Gasteiger partial charge in [-0.1, -0.05) is 12.1 Å². The Morgan fingerprint density at radius 2 is 2.16 bits per heavy atom. The number of carbonyl (C=O) groups excluding carboxylic acids is 1. The van der Waals surface area contributed by atoms with Crippen LogP contribution in [0.25, 0.3) is 0 Å². The van der Waals surface area contributed by atoms with Crippen molar-refractivity contribution >= 4 is 11.6 Å². The molecule has 4 heteroatoms. The van der Waals surface area contributed by atoms with Gasteiger partial charge in [-0.3, -0.25) is 4.79 Å². The first-order chi connectivity index (χ1) is 9.25. The molecular formula is C15H15N3O. The minimum absolute atomic E-state index is 0.0704. The molecule has 3 N–H and O–H groups in total. The standard InChI is InChI=1S/C15H15N3O/c16-15-13(2-1-6-18-15)14(19)11-4-3-10-5-7-17-9-12(10)8-11/h1-4,6,8,17H,5,7,9H2,(H2,16,18). The predicted octanol–water partition coefficient (Wildman–Crippen LogP) is 1.54. The number of nitrogens with one attached hydrogen (secondary N) is 1. The highest BCUT2D eigenvalue weighted by molar-refractivity contribution is 6.11. The van der Waals surface area contributed by atoms with Crippen molar-refractivity contribution in [3.8, 4) is 0 Å². The van der Waals surface area contributed by atoms with Crippen LogP contribution in [0.15, 0.2) is 36.5 Å². The van der Waals surface area contributed by atoms with Crippen LogP contribution in [-0.2, 0) is 13.0 Å². The first kappa shape index (κ1) is 11.9. The Morgan fingerprint density at radius 1 is 1.26 bits per heavy atom. The zero-order valence-electron chi connectivity index (χ0n) is 10.5. The highest BCUT2D eigenvalue weighted by atomic mass is 16.1. The summed E-state index contributed by atoms with van der Waals surface area (Å²) in [4.78, 5) is 16.4. The lowest BCUT2D eigenvalue weighted by atomic mass is 9.95. The predicted molar refractivity (Wildman–Crippen MR) is 73.9 cm³/mol. The molecule has 0 fully saturated rings. The van der Waals surface area contributed by atoms with E-state index in [-0.39, 0.29) is 11.6 Å². The van der Waals surface area contributed by atoms with Crippen molar-refractivity contribution in [1.82, 2.24) is 10.3 Å². The Labute approximate surface area is 111 Å². The van der Waals surface area contributed by atoms with E-state index in [2.05, 4.69) is 10.3 Å². The average Bonchev–Trinajstić information content (AvgIpc) is 2.46. The maximum atomic E-state index is 12.4. The number of aromatic nitrogens is 1. The van der Waals surface area contributed by atoms with Crippen molar-refractivity contribution in [2.45, 2.75) is 13.0 Å². The number of pyridine rings is 1. The molecule has 4 nitrogen and oxygen atoms in total. The summed E-state index contributed by atoms with van der Waals surface area (Å²) in [5, 5.41) is 3.31. The van der Waals surface area contributed by atoms with Gasteiger partial charge in [-0.2, -0.15) is 0 Å². The summed E-state index contributed by atoms with van der Waals surface area (Å²) in [6.07, 6.45) is 2.60. The summed E-state index contributed by atoms with van der Waals surface area (Å²) in [6.45, 7) is 1.81. The number of hydrogen-bond acceptors (Lipinski definition) is 4. The van der Waals surface area contributed by atoms with E-state index in [1.54, 1.807) is 18.3 Å². The van der Waals surface area contributed by atoms with Gasteiger partial charge in [0.2, 0.25) is 0 Å². The topological polar surface area (TPSA) is 68.0 Å². The van der Waals surface area contributed by atoms with E-state index in [0.717, 1.165) is 19.5 Å². The molecule has 0 unspecified atom stereocenters. The summed E-state index contributed by atoms with van der Waals surface area (Å²) in [7, 11) is 0. The minimum atomic E-state index is -0.0704. The third kappa shape index (κ3) is 2.22. The van der Waals surface area contributed by atoms with Gasteiger partial charge in [-0.15, -0.1) is 0 Å². The highest BCUT2D eigenvalue weighted by Crippen LogP contribution is 2.19. The largest absolute Gasteiger partial charge is 0.383 e. The van der Waals surface area contributed by atoms with Crippen LogP contribution in [0.2, 0.25) is 0 Å². The van der Waals surface area contributed by atoms with Crippen LogP contribution in [0.1, 0.15) is 27.0 Å². The Hall–Kier alpha value is -2.20. The van der Waals surface area contributed by atoms with Gasteiger partial charge in [0.15, 0.2) is 5.78 Å². The molecule has 19 heavy (non-hydrogen) atoms. The molecular weight excluding hydrogens is 238 g/mol. The number of nitrogen functional groups attached to an aromatic ring is 1. The number of hydrogen-bond donors (Lipinski definition) is 2. The highest BCUT2D eigenvalue weighted by Gasteiger charge is 2.15. The third-order valence-corrected chi connectivity index (χ3v) is 3.44. The van der Waals surface area contributed by atoms with Crippen LogP contribution in [-0.4, -0.2) is 17.3 Å². The fourth-order valence-corrected chi connectivity index (χ4v) is 2.39. The van der Waals surface area contributed by atoms with Crippen LogP contribution < -0.4 is 11.1 Å². The molecule has 1 aromatic heterocycles. The number of carbonyl (C=O) groups is 1. The molecule has 0 atom stereocenters. The number of benzene rings is 1. The van der Waals surface area contributed by atoms with Crippen molar-refractivity contribution < 1.29 is 4.79 Å². The molecule has 1 aliphatic rings. The normalized spacial score (nSPS) is 13.9. The molecule has 0 spiro atoms. The van der Waals surface area contributed by atoms with E-state index in [0.29, 0.717) is 11.1 Å². The molecule has 0 aliphatic carbocycles. The molecule has 1 aromatic carbocycles. The second-order valence-corrected chi connectivity index (χ2v) is 4.68. The molecule has 0 saturated heterocycles. The number of rotatable bonds is 2. The molecule has 96 valence electrons. The summed E-state index contributed by atoms with van der Waals surface area (Å²) in [6, 6.07) is 9.30. The maximum Gasteiger partial charge on any atom is 0.196 e. The van der Waals surface area contributed by atoms with Crippen LogP contribution >= 0.6 is 0 Å². The smallest absolute Gasteiger partial charge is 0.196 e. The van der Waals surface area contributed by atoms with E-state index < -0.39 is 0 Å². The van der Waals surface area contributed by atoms with Gasteiger partial charge in [-0.05, 0) is 42.3 Å². The molecule has 0 amide bonds. The van der Waals surface area contributed by atoms with Crippen molar-refractivity contribution in [3.05, 3.63) is 58.8 Å². The molecule has 3 rings (SSSR count). The van der Waals surface area contributed by atoms with Gasteiger partial charge < -0.3 is 11.1 Å². The second kappa shape index (κ2) is 4.82. The Morgan fingerprint density at radius 3 is 3.00 bits per heavy atom. The van der Waals surface area contributed by atoms with Gasteiger partial charge in [0.25, 0.3) is 0 Å². The van der Waals surface area contributed by atoms with Crippen molar-refractivity contribution in [1.29, 1.82) is 0 Å². The fourth-order valence-electron chi connectivity index (χ4n) is 2.39. The maximum absolute atomic E-state index is 12.4. The van der Waals surface area contributed by atoms with Crippen LogP contribution in [0.4, 0.5) is 5.82 Å². The van der Waals surface area contributed by atoms with Gasteiger partial charge in [0.1, 0.15) is 5.82 Å². The number of fused-ring (bicyclic) bond motifs is 1. The Bertz CT molecular complexity index is 637. The number of anilines is 1. The average molecular weight is 253 g/mol. The van der Waals surface area contributed by atoms with Gasteiger partial charge in [0, 0.05) is 18.3 Å². The molecule has 0 bridgehead atoms. The number of nitrogens with two attached hydrogens (primary N) is 1. The summed E-state index contributed by atoms with van der Waals surface area (Å²) in [5.74, 6) is 0.210. The summed E-state index contributed by atoms with van der Waals surface area (Å²) in [5.41, 5.74) is 9.39. The molecule has 2 aromatic rings. The van der Waals surface area contributed by atoms with E-state index in [9.17, 15) is 4.79 Å². The van der Waals surface area contributed by atoms with Crippen molar-refractivity contribution in [2.75, 3.05) is 12.3 Å². The molecule has 0 saturated carbocycles. The third-order valence-electron chi connectivity index (χ3n) is 3.44. The lowest BCUT2D eigenvalue weighted by Crippen LogP contribution is -2.24. The summed E-state index contributed by atoms with van der Waals surface area (Å²) < 4.78 is 0. The van der Waals surface area contributed by atoms with Gasteiger partial charge in [0.05, 0.1) is 5.56 Å². The quantitative estimate of drug-likeness (QED) is 0.797. The number of ketones is 1. The zero-order chi connectivity index (χ0) is 13.2. The zero-order valence-corrected chi connectivity index (χ0v) is 10.5. The molecule has 1 aliphatic heterocycles. The van der Waals surface area contributed by atoms with E-state index in [4.69, 9.17) is 5.73 Å². The lowest BCUT2D eigenvalue weighted by molar-refractivity contribution is 0.103. The fraction of sp³-hybridized carbons (Fsp3) is 0.200. The van der Waals surface area contributed by atoms with Crippen molar-refractivity contribution in [3.63, 3.8) is 0 Å². The van der Waals surface area contributed by atoms with Crippen LogP contribution in [0, 0.1) is 0 Å². The lowest BCUT2D eigenvalue weighted by Gasteiger charge is -2.17. The van der Waals surface area contributed by atoms with Crippen LogP contribution in [0.3, 0.4) is 0 Å².